The number of morpholine rings is 2. The van der Waals surface area contributed by atoms with Gasteiger partial charge >= 0.3 is 18.2 Å². The minimum atomic E-state index is -1.06. The number of carboxylic acids is 1. The molecule has 2 aliphatic heterocycles. The maximum absolute atomic E-state index is 11.9. The molecule has 2 atom stereocenters. The largest absolute Gasteiger partial charge is 0.479 e. The first kappa shape index (κ1) is 59.7. The first-order valence-electron chi connectivity index (χ1n) is 16.2. The molecular formula is C32H68Cl3N5O11S. The van der Waals surface area contributed by atoms with Gasteiger partial charge in [-0.3, -0.25) is 9.63 Å². The Kier molecular flexibility index (Phi) is 39.0. The lowest BCUT2D eigenvalue weighted by atomic mass is 10.2. The third kappa shape index (κ3) is 35.5. The number of aliphatic carboxylic acids is 1. The Morgan fingerprint density at radius 1 is 0.827 bits per heavy atom. The van der Waals surface area contributed by atoms with E-state index in [1.165, 1.54) is 30.3 Å². The van der Waals surface area contributed by atoms with Gasteiger partial charge in [0.2, 0.25) is 0 Å². The maximum Gasteiger partial charge on any atom is 0.410 e. The molecule has 0 aliphatic carbocycles. The van der Waals surface area contributed by atoms with E-state index in [-0.39, 0.29) is 44.4 Å². The van der Waals surface area contributed by atoms with Crippen LogP contribution in [0.5, 0.6) is 0 Å². The molecule has 2 fully saturated rings. The predicted molar refractivity (Wildman–Crippen MR) is 211 cm³/mol. The monoisotopic (exact) mass is 835 g/mol. The van der Waals surface area contributed by atoms with Crippen molar-refractivity contribution in [3.63, 3.8) is 0 Å². The summed E-state index contributed by atoms with van der Waals surface area (Å²) in [6.45, 7) is 20.8. The zero-order chi connectivity index (χ0) is 41.0. The van der Waals surface area contributed by atoms with Crippen LogP contribution in [0.2, 0.25) is 0 Å². The van der Waals surface area contributed by atoms with Crippen LogP contribution in [0.25, 0.3) is 0 Å². The standard InChI is InChI=1S/C12H22N2O5.C10H17NO5.C6H15N.C2H7NO.CH2Cl2.CH3Cl.H2S/c1-12(2,3)19-11(16)14-6-7-18-9(8-14)10(15)13(4)17-5;1-10(2,3)16-9(14)11-4-5-15-7(6-11)8(12)13;1-5(2)7-6(3)4;1-3-4-2;2-1-3;1-2;/h9H,6-8H2,1-5H3;7H,4-6H2,1-3H3,(H,12,13);5-7H,1-4H3;3H,1-2H3;1H2;1H3;1H2/t9-;7-;;;;;/m00...../s1. The number of carbonyl (C=O) groups is 4. The van der Waals surface area contributed by atoms with E-state index in [9.17, 15) is 19.2 Å². The van der Waals surface area contributed by atoms with E-state index in [1.807, 2.05) is 0 Å². The third-order valence-corrected chi connectivity index (χ3v) is 5.44. The minimum Gasteiger partial charge on any atom is -0.479 e. The molecule has 0 saturated carbocycles. The van der Waals surface area contributed by atoms with Crippen LogP contribution < -0.4 is 10.8 Å². The number of nitrogens with zero attached hydrogens (tertiary/aromatic N) is 3. The van der Waals surface area contributed by atoms with Gasteiger partial charge in [0.1, 0.15) is 11.2 Å². The zero-order valence-corrected chi connectivity index (χ0v) is 37.0. The van der Waals surface area contributed by atoms with Gasteiger partial charge in [-0.2, -0.15) is 13.5 Å². The number of hydrogen-bond donors (Lipinski definition) is 3. The molecule has 0 unspecified atom stereocenters. The van der Waals surface area contributed by atoms with Crippen LogP contribution in [0.15, 0.2) is 0 Å². The summed E-state index contributed by atoms with van der Waals surface area (Å²) in [6.07, 6.45) is -1.14. The fourth-order valence-electron chi connectivity index (χ4n) is 3.54. The van der Waals surface area contributed by atoms with Crippen LogP contribution in [-0.2, 0) is 38.2 Å². The second-order valence-corrected chi connectivity index (χ2v) is 13.7. The maximum atomic E-state index is 11.9. The number of carboxylic acid groups (broad SMARTS) is 1. The van der Waals surface area contributed by atoms with E-state index >= 15 is 0 Å². The Bertz CT molecular complexity index is 923. The molecule has 0 bridgehead atoms. The van der Waals surface area contributed by atoms with E-state index in [2.05, 4.69) is 54.9 Å². The number of halogens is 3. The SMILES string of the molecule is CC(C)(C)OC(=O)N1CCO[C@H](C(=O)O)C1.CC(C)NC(C)C.CCl.CNOC.CON(C)C(=O)[C@@H]1CN(C(=O)OC(C)(C)C)CCO1.ClCCl.S. The first-order chi connectivity index (χ1) is 23.5. The van der Waals surface area contributed by atoms with E-state index < -0.39 is 41.6 Å². The van der Waals surface area contributed by atoms with Crippen LogP contribution in [0.1, 0.15) is 69.2 Å². The predicted octanol–water partition coefficient (Wildman–Crippen LogP) is 4.90. The van der Waals surface area contributed by atoms with Gasteiger partial charge < -0.3 is 44.0 Å². The van der Waals surface area contributed by atoms with Crippen molar-refractivity contribution in [3.8, 4) is 0 Å². The molecule has 0 aromatic carbocycles. The summed E-state index contributed by atoms with van der Waals surface area (Å²) < 4.78 is 20.8. The highest BCUT2D eigenvalue weighted by molar-refractivity contribution is 7.59. The van der Waals surface area contributed by atoms with Gasteiger partial charge in [-0.1, -0.05) is 27.7 Å². The van der Waals surface area contributed by atoms with Crippen molar-refractivity contribution in [3.05, 3.63) is 0 Å². The molecule has 314 valence electrons. The van der Waals surface area contributed by atoms with Crippen molar-refractivity contribution >= 4 is 72.4 Å². The fourth-order valence-corrected chi connectivity index (χ4v) is 3.54. The summed E-state index contributed by atoms with van der Waals surface area (Å²) in [7, 11) is 6.17. The third-order valence-electron chi connectivity index (χ3n) is 5.44. The topological polar surface area (TPSA) is 178 Å². The lowest BCUT2D eigenvalue weighted by molar-refractivity contribution is -0.184. The van der Waals surface area contributed by atoms with Crippen molar-refractivity contribution in [2.75, 3.05) is 79.4 Å². The number of nitrogens with one attached hydrogen (secondary N) is 2. The number of carbonyl (C=O) groups excluding carboxylic acids is 3. The quantitative estimate of drug-likeness (QED) is 0.244. The van der Waals surface area contributed by atoms with Crippen LogP contribution >= 0.6 is 48.3 Å². The van der Waals surface area contributed by atoms with Gasteiger partial charge in [0.05, 0.1) is 45.9 Å². The molecule has 0 radical (unpaired) electrons. The Balaban J connectivity index is -0.000000200. The van der Waals surface area contributed by atoms with Gasteiger partial charge in [-0.05, 0) is 41.5 Å². The van der Waals surface area contributed by atoms with Crippen molar-refractivity contribution < 1.29 is 52.9 Å². The van der Waals surface area contributed by atoms with Crippen LogP contribution in [0.3, 0.4) is 0 Å². The normalized spacial score (nSPS) is 16.5. The van der Waals surface area contributed by atoms with E-state index in [0.717, 1.165) is 5.06 Å². The highest BCUT2D eigenvalue weighted by Crippen LogP contribution is 2.15. The van der Waals surface area contributed by atoms with E-state index in [0.29, 0.717) is 31.8 Å². The summed E-state index contributed by atoms with van der Waals surface area (Å²) in [5.74, 6) is -1.39. The number of hydrogen-bond acceptors (Lipinski definition) is 12. The van der Waals surface area contributed by atoms with Crippen LogP contribution in [0, 0.1) is 0 Å². The first-order valence-corrected chi connectivity index (χ1v) is 18.0. The molecule has 3 amide bonds. The second-order valence-electron chi connectivity index (χ2n) is 12.9. The Hall–Kier alpha value is -1.54. The highest BCUT2D eigenvalue weighted by atomic mass is 35.5. The fraction of sp³-hybridized carbons (Fsp3) is 0.875. The molecule has 0 aromatic heterocycles. The highest BCUT2D eigenvalue weighted by Gasteiger charge is 2.34. The van der Waals surface area contributed by atoms with Crippen LogP contribution in [0.4, 0.5) is 9.59 Å². The number of likely N-dealkylation sites (N-methyl/N-ethyl adjacent to an activating group) is 1. The van der Waals surface area contributed by atoms with Crippen molar-refractivity contribution in [2.24, 2.45) is 0 Å². The summed E-state index contributed by atoms with van der Waals surface area (Å²) in [5, 5.41) is 13.4. The number of rotatable bonds is 6. The molecular weight excluding hydrogens is 769 g/mol. The lowest BCUT2D eigenvalue weighted by Gasteiger charge is -2.34. The number of alkyl halides is 3. The molecule has 2 rings (SSSR count). The summed E-state index contributed by atoms with van der Waals surface area (Å²) in [6, 6.07) is 1.25. The molecule has 20 heteroatoms. The Morgan fingerprint density at radius 2 is 1.15 bits per heavy atom. The summed E-state index contributed by atoms with van der Waals surface area (Å²) >= 11 is 14.2. The smallest absolute Gasteiger partial charge is 0.410 e. The average molecular weight is 837 g/mol. The van der Waals surface area contributed by atoms with Gasteiger partial charge in [-0.15, -0.1) is 34.8 Å². The van der Waals surface area contributed by atoms with E-state index in [4.69, 9.17) is 52.1 Å². The molecule has 2 heterocycles. The minimum absolute atomic E-state index is 0. The number of ether oxygens (including phenoxy) is 4. The van der Waals surface area contributed by atoms with Crippen molar-refractivity contribution in [1.82, 2.24) is 25.7 Å². The average Bonchev–Trinajstić information content (AvgIpc) is 3.04. The molecule has 2 aliphatic rings. The summed E-state index contributed by atoms with van der Waals surface area (Å²) in [5.41, 5.74) is 1.30. The van der Waals surface area contributed by atoms with Crippen molar-refractivity contribution in [2.45, 2.75) is 105 Å². The number of amides is 3. The van der Waals surface area contributed by atoms with Gasteiger partial charge in [-0.25, -0.2) is 24.9 Å². The molecule has 52 heavy (non-hydrogen) atoms. The van der Waals surface area contributed by atoms with Gasteiger partial charge in [0, 0.05) is 45.7 Å². The second kappa shape index (κ2) is 34.0. The molecule has 2 saturated heterocycles. The Labute approximate surface area is 334 Å². The molecule has 16 nitrogen and oxygen atoms in total. The summed E-state index contributed by atoms with van der Waals surface area (Å²) in [4.78, 5) is 58.1. The Morgan fingerprint density at radius 3 is 1.40 bits per heavy atom. The van der Waals surface area contributed by atoms with Crippen molar-refractivity contribution in [1.29, 1.82) is 0 Å². The van der Waals surface area contributed by atoms with E-state index in [1.54, 1.807) is 55.7 Å². The zero-order valence-electron chi connectivity index (χ0n) is 33.8. The van der Waals surface area contributed by atoms with Crippen LogP contribution in [-0.4, -0.2) is 159 Å². The molecule has 0 aromatic rings. The molecule has 0 spiro atoms. The molecule has 3 N–H and O–H groups in total. The van der Waals surface area contributed by atoms with Gasteiger partial charge in [0.25, 0.3) is 5.91 Å². The number of hydroxylamine groups is 3. The lowest BCUT2D eigenvalue weighted by Crippen LogP contribution is -2.52. The van der Waals surface area contributed by atoms with Gasteiger partial charge in [0.15, 0.2) is 12.2 Å².